The van der Waals surface area contributed by atoms with E-state index in [2.05, 4.69) is 30.3 Å². The molecule has 2 rings (SSSR count). The number of nitrogens with zero attached hydrogens (tertiary/aromatic N) is 2. The molecule has 1 fully saturated rings. The Morgan fingerprint density at radius 1 is 1.29 bits per heavy atom. The first-order chi connectivity index (χ1) is 8.18. The second-order valence-corrected chi connectivity index (χ2v) is 5.45. The van der Waals surface area contributed by atoms with Gasteiger partial charge in [-0.05, 0) is 38.7 Å². The van der Waals surface area contributed by atoms with Crippen LogP contribution < -0.4 is 5.32 Å². The predicted octanol–water partition coefficient (Wildman–Crippen LogP) is 3.04. The fraction of sp³-hybridized carbons (Fsp3) is 0.786. The van der Waals surface area contributed by atoms with E-state index in [9.17, 15) is 0 Å². The Bertz CT molecular complexity index is 339. The Labute approximate surface area is 105 Å². The lowest BCUT2D eigenvalue weighted by molar-refractivity contribution is 0.266. The molecule has 1 aliphatic rings. The van der Waals surface area contributed by atoms with E-state index < -0.39 is 0 Å². The molecular weight excluding hydrogens is 210 g/mol. The van der Waals surface area contributed by atoms with Crippen molar-refractivity contribution in [2.24, 2.45) is 13.0 Å². The SMILES string of the molecule is CC(N[C@@H](C)C1CCCCC1)c1ccnn1C. The molecule has 1 aromatic heterocycles. The summed E-state index contributed by atoms with van der Waals surface area (Å²) in [6.45, 7) is 4.57. The lowest BCUT2D eigenvalue weighted by Crippen LogP contribution is -2.36. The molecule has 0 aliphatic heterocycles. The number of aryl methyl sites for hydroxylation is 1. The van der Waals surface area contributed by atoms with E-state index >= 15 is 0 Å². The van der Waals surface area contributed by atoms with Crippen molar-refractivity contribution in [3.8, 4) is 0 Å². The van der Waals surface area contributed by atoms with Crippen LogP contribution in [0.1, 0.15) is 57.7 Å². The summed E-state index contributed by atoms with van der Waals surface area (Å²) in [5.41, 5.74) is 1.27. The normalized spacial score (nSPS) is 21.4. The van der Waals surface area contributed by atoms with Gasteiger partial charge in [-0.2, -0.15) is 5.10 Å². The summed E-state index contributed by atoms with van der Waals surface area (Å²) in [7, 11) is 2.01. The van der Waals surface area contributed by atoms with E-state index in [-0.39, 0.29) is 0 Å². The second-order valence-electron chi connectivity index (χ2n) is 5.45. The average Bonchev–Trinajstić information content (AvgIpc) is 2.76. The Hall–Kier alpha value is -0.830. The number of nitrogens with one attached hydrogen (secondary N) is 1. The van der Waals surface area contributed by atoms with Crippen molar-refractivity contribution in [3.63, 3.8) is 0 Å². The van der Waals surface area contributed by atoms with Crippen molar-refractivity contribution in [1.82, 2.24) is 15.1 Å². The van der Waals surface area contributed by atoms with Crippen molar-refractivity contribution in [2.45, 2.75) is 58.0 Å². The Balaban J connectivity index is 1.89. The molecule has 0 aromatic carbocycles. The van der Waals surface area contributed by atoms with E-state index in [4.69, 9.17) is 0 Å². The molecule has 1 heterocycles. The monoisotopic (exact) mass is 235 g/mol. The Kier molecular flexibility index (Phi) is 4.21. The van der Waals surface area contributed by atoms with E-state index in [1.165, 1.54) is 37.8 Å². The largest absolute Gasteiger partial charge is 0.306 e. The third-order valence-electron chi connectivity index (χ3n) is 4.17. The molecule has 96 valence electrons. The fourth-order valence-electron chi connectivity index (χ4n) is 3.06. The average molecular weight is 235 g/mol. The van der Waals surface area contributed by atoms with Crippen LogP contribution in [0, 0.1) is 5.92 Å². The zero-order valence-electron chi connectivity index (χ0n) is 11.3. The van der Waals surface area contributed by atoms with Crippen molar-refractivity contribution in [1.29, 1.82) is 0 Å². The molecule has 0 bridgehead atoms. The highest BCUT2D eigenvalue weighted by molar-refractivity contribution is 5.05. The summed E-state index contributed by atoms with van der Waals surface area (Å²) in [5.74, 6) is 0.861. The quantitative estimate of drug-likeness (QED) is 0.869. The van der Waals surface area contributed by atoms with Gasteiger partial charge in [-0.1, -0.05) is 19.3 Å². The zero-order chi connectivity index (χ0) is 12.3. The van der Waals surface area contributed by atoms with Crippen LogP contribution in [-0.4, -0.2) is 15.8 Å². The number of hydrogen-bond donors (Lipinski definition) is 1. The van der Waals surface area contributed by atoms with E-state index in [0.29, 0.717) is 12.1 Å². The number of hydrogen-bond acceptors (Lipinski definition) is 2. The van der Waals surface area contributed by atoms with Crippen molar-refractivity contribution in [3.05, 3.63) is 18.0 Å². The molecule has 2 atom stereocenters. The van der Waals surface area contributed by atoms with Gasteiger partial charge in [0.15, 0.2) is 0 Å². The first kappa shape index (κ1) is 12.6. The third-order valence-corrected chi connectivity index (χ3v) is 4.17. The first-order valence-electron chi connectivity index (χ1n) is 6.92. The molecule has 1 saturated carbocycles. The minimum absolute atomic E-state index is 0.388. The second kappa shape index (κ2) is 5.67. The van der Waals surface area contributed by atoms with Gasteiger partial charge in [0, 0.05) is 25.3 Å². The van der Waals surface area contributed by atoms with Crippen LogP contribution in [0.25, 0.3) is 0 Å². The highest BCUT2D eigenvalue weighted by Gasteiger charge is 2.22. The maximum Gasteiger partial charge on any atom is 0.0547 e. The number of rotatable bonds is 4. The van der Waals surface area contributed by atoms with E-state index in [1.54, 1.807) is 0 Å². The van der Waals surface area contributed by atoms with Crippen molar-refractivity contribution < 1.29 is 0 Å². The molecule has 3 nitrogen and oxygen atoms in total. The van der Waals surface area contributed by atoms with Crippen molar-refractivity contribution in [2.75, 3.05) is 0 Å². The third kappa shape index (κ3) is 3.09. The topological polar surface area (TPSA) is 29.9 Å². The molecule has 0 radical (unpaired) electrons. The first-order valence-corrected chi connectivity index (χ1v) is 6.92. The summed E-state index contributed by atoms with van der Waals surface area (Å²) in [5, 5.41) is 7.97. The van der Waals surface area contributed by atoms with Crippen LogP contribution in [-0.2, 0) is 7.05 Å². The molecule has 1 aromatic rings. The lowest BCUT2D eigenvalue weighted by atomic mass is 9.84. The standard InChI is InChI=1S/C14H25N3/c1-11(13-7-5-4-6-8-13)16-12(2)14-9-10-15-17(14)3/h9-13,16H,4-8H2,1-3H3/t11-,12?/m0/s1. The number of aromatic nitrogens is 2. The van der Waals surface area contributed by atoms with Gasteiger partial charge in [-0.3, -0.25) is 4.68 Å². The van der Waals surface area contributed by atoms with Gasteiger partial charge in [0.05, 0.1) is 5.69 Å². The molecule has 17 heavy (non-hydrogen) atoms. The van der Waals surface area contributed by atoms with E-state index in [1.807, 2.05) is 17.9 Å². The lowest BCUT2D eigenvalue weighted by Gasteiger charge is -2.30. The molecule has 1 aliphatic carbocycles. The molecule has 3 heteroatoms. The highest BCUT2D eigenvalue weighted by Crippen LogP contribution is 2.27. The molecule has 0 saturated heterocycles. The van der Waals surface area contributed by atoms with Gasteiger partial charge >= 0.3 is 0 Å². The Morgan fingerprint density at radius 2 is 2.00 bits per heavy atom. The molecule has 0 spiro atoms. The van der Waals surface area contributed by atoms with Gasteiger partial charge in [0.2, 0.25) is 0 Å². The van der Waals surface area contributed by atoms with Crippen LogP contribution in [0.15, 0.2) is 12.3 Å². The van der Waals surface area contributed by atoms with Crippen LogP contribution in [0.4, 0.5) is 0 Å². The molecular formula is C14H25N3. The van der Waals surface area contributed by atoms with Gasteiger partial charge in [0.1, 0.15) is 0 Å². The van der Waals surface area contributed by atoms with Gasteiger partial charge in [-0.25, -0.2) is 0 Å². The van der Waals surface area contributed by atoms with Crippen LogP contribution in [0.2, 0.25) is 0 Å². The van der Waals surface area contributed by atoms with Crippen molar-refractivity contribution >= 4 is 0 Å². The molecule has 1 N–H and O–H groups in total. The minimum atomic E-state index is 0.388. The summed E-state index contributed by atoms with van der Waals surface area (Å²) in [6.07, 6.45) is 8.92. The van der Waals surface area contributed by atoms with Gasteiger partial charge in [0.25, 0.3) is 0 Å². The van der Waals surface area contributed by atoms with Crippen LogP contribution in [0.3, 0.4) is 0 Å². The van der Waals surface area contributed by atoms with Gasteiger partial charge < -0.3 is 5.32 Å². The highest BCUT2D eigenvalue weighted by atomic mass is 15.3. The zero-order valence-corrected chi connectivity index (χ0v) is 11.3. The Morgan fingerprint density at radius 3 is 2.59 bits per heavy atom. The van der Waals surface area contributed by atoms with Gasteiger partial charge in [-0.15, -0.1) is 0 Å². The van der Waals surface area contributed by atoms with Crippen LogP contribution in [0.5, 0.6) is 0 Å². The summed E-state index contributed by atoms with van der Waals surface area (Å²) in [4.78, 5) is 0. The molecule has 1 unspecified atom stereocenters. The van der Waals surface area contributed by atoms with Crippen LogP contribution >= 0.6 is 0 Å². The smallest absolute Gasteiger partial charge is 0.0547 e. The maximum absolute atomic E-state index is 4.23. The minimum Gasteiger partial charge on any atom is -0.306 e. The van der Waals surface area contributed by atoms with E-state index in [0.717, 1.165) is 5.92 Å². The molecule has 0 amide bonds. The maximum atomic E-state index is 4.23. The fourth-order valence-corrected chi connectivity index (χ4v) is 3.06. The predicted molar refractivity (Wildman–Crippen MR) is 70.8 cm³/mol. The summed E-state index contributed by atoms with van der Waals surface area (Å²) >= 11 is 0. The summed E-state index contributed by atoms with van der Waals surface area (Å²) in [6, 6.07) is 3.10. The summed E-state index contributed by atoms with van der Waals surface area (Å²) < 4.78 is 1.96.